The molecule has 0 fully saturated rings. The van der Waals surface area contributed by atoms with Gasteiger partial charge in [0.25, 0.3) is 0 Å². The first-order valence-corrected chi connectivity index (χ1v) is 13.8. The summed E-state index contributed by atoms with van der Waals surface area (Å²) in [5.41, 5.74) is 0. The van der Waals surface area contributed by atoms with Gasteiger partial charge in [-0.3, -0.25) is 4.79 Å². The molecule has 4 nitrogen and oxygen atoms in total. The molecule has 0 aromatic heterocycles. The smallest absolute Gasteiger partial charge is 0.220 e. The number of unbranched alkanes of at least 4 members (excludes halogenated alkanes) is 3. The molecule has 0 spiro atoms. The van der Waals surface area contributed by atoms with Crippen molar-refractivity contribution in [2.24, 2.45) is 0 Å². The molecule has 0 aliphatic carbocycles. The first kappa shape index (κ1) is 33.6. The van der Waals surface area contributed by atoms with Crippen LogP contribution in [-0.4, -0.2) is 34.9 Å². The second-order valence-corrected chi connectivity index (χ2v) is 8.72. The molecule has 0 aliphatic heterocycles. The number of carbonyl (C=O) groups excluding carboxylic acids is 1. The number of allylic oxidation sites excluding steroid dienone is 13. The van der Waals surface area contributed by atoms with Crippen molar-refractivity contribution in [2.75, 3.05) is 6.61 Å². The number of hydrogen-bond donors (Lipinski definition) is 3. The zero-order chi connectivity index (χ0) is 26.5. The number of hydrogen-bond acceptors (Lipinski definition) is 3. The minimum atomic E-state index is -0.869. The minimum absolute atomic E-state index is 0.160. The van der Waals surface area contributed by atoms with Crippen LogP contribution in [0, 0.1) is 0 Å². The maximum atomic E-state index is 12.1. The molecule has 0 heterocycles. The second-order valence-electron chi connectivity index (χ2n) is 8.72. The van der Waals surface area contributed by atoms with Crippen molar-refractivity contribution in [3.8, 4) is 0 Å². The van der Waals surface area contributed by atoms with Crippen LogP contribution in [-0.2, 0) is 4.79 Å². The lowest BCUT2D eigenvalue weighted by Gasteiger charge is -2.19. The molecule has 0 radical (unpaired) electrons. The van der Waals surface area contributed by atoms with Crippen LogP contribution in [0.2, 0.25) is 0 Å². The molecule has 0 saturated heterocycles. The average molecular weight is 498 g/mol. The van der Waals surface area contributed by atoms with Gasteiger partial charge in [-0.05, 0) is 57.8 Å². The Labute approximate surface area is 221 Å². The largest absolute Gasteiger partial charge is 0.394 e. The Morgan fingerprint density at radius 1 is 0.694 bits per heavy atom. The van der Waals surface area contributed by atoms with Gasteiger partial charge >= 0.3 is 0 Å². The fourth-order valence-corrected chi connectivity index (χ4v) is 3.25. The highest BCUT2D eigenvalue weighted by Crippen LogP contribution is 2.03. The Balaban J connectivity index is 3.88. The molecule has 202 valence electrons. The fourth-order valence-electron chi connectivity index (χ4n) is 3.25. The van der Waals surface area contributed by atoms with E-state index in [1.54, 1.807) is 6.08 Å². The average Bonchev–Trinajstić information content (AvgIpc) is 2.88. The molecule has 0 saturated carbocycles. The van der Waals surface area contributed by atoms with Gasteiger partial charge in [-0.2, -0.15) is 0 Å². The molecule has 1 amide bonds. The van der Waals surface area contributed by atoms with Crippen LogP contribution in [0.15, 0.2) is 85.1 Å². The van der Waals surface area contributed by atoms with Crippen LogP contribution in [0.4, 0.5) is 0 Å². The topological polar surface area (TPSA) is 69.6 Å². The van der Waals surface area contributed by atoms with E-state index in [0.717, 1.165) is 64.2 Å². The van der Waals surface area contributed by atoms with Crippen molar-refractivity contribution >= 4 is 5.91 Å². The van der Waals surface area contributed by atoms with Gasteiger partial charge in [0.2, 0.25) is 5.91 Å². The molecular weight excluding hydrogens is 446 g/mol. The van der Waals surface area contributed by atoms with Crippen LogP contribution < -0.4 is 5.32 Å². The SMILES string of the molecule is CC/C=C\C/C=C\C/C=C\C/C=C\C/C=C\C/C=C\CCC(=O)NC(CO)C(O)/C=C/CCCCC. The molecule has 36 heavy (non-hydrogen) atoms. The second kappa shape index (κ2) is 27.2. The van der Waals surface area contributed by atoms with Gasteiger partial charge in [0, 0.05) is 6.42 Å². The standard InChI is InChI=1S/C32H51NO3/c1-3-5-7-9-10-11-12-13-14-15-16-17-18-19-20-21-22-24-26-28-32(36)33-30(29-34)31(35)27-25-23-8-6-4-2/h5,7,10-11,13-14,16-17,19-20,22,24-25,27,30-31,34-35H,3-4,6,8-9,12,15,18,21,23,26,28-29H2,1-2H3,(H,33,36)/b7-5-,11-10-,14-13-,17-16-,20-19-,24-22-,27-25+. The van der Waals surface area contributed by atoms with E-state index in [0.29, 0.717) is 12.8 Å². The quantitative estimate of drug-likeness (QED) is 0.108. The Hall–Kier alpha value is -2.43. The predicted molar refractivity (Wildman–Crippen MR) is 156 cm³/mol. The third-order valence-corrected chi connectivity index (χ3v) is 5.40. The van der Waals surface area contributed by atoms with E-state index in [1.807, 2.05) is 12.2 Å². The van der Waals surface area contributed by atoms with E-state index in [1.165, 1.54) is 0 Å². The summed E-state index contributed by atoms with van der Waals surface area (Å²) >= 11 is 0. The van der Waals surface area contributed by atoms with E-state index < -0.39 is 12.1 Å². The lowest BCUT2D eigenvalue weighted by molar-refractivity contribution is -0.122. The van der Waals surface area contributed by atoms with Crippen molar-refractivity contribution in [1.82, 2.24) is 5.32 Å². The van der Waals surface area contributed by atoms with E-state index in [2.05, 4.69) is 86.0 Å². The molecular formula is C32H51NO3. The third kappa shape index (κ3) is 23.3. The van der Waals surface area contributed by atoms with Gasteiger partial charge < -0.3 is 15.5 Å². The summed E-state index contributed by atoms with van der Waals surface area (Å²) in [4.78, 5) is 12.1. The summed E-state index contributed by atoms with van der Waals surface area (Å²) in [5, 5.41) is 22.4. The lowest BCUT2D eigenvalue weighted by atomic mass is 10.1. The summed E-state index contributed by atoms with van der Waals surface area (Å²) < 4.78 is 0. The van der Waals surface area contributed by atoms with Crippen molar-refractivity contribution in [3.05, 3.63) is 85.1 Å². The third-order valence-electron chi connectivity index (χ3n) is 5.40. The monoisotopic (exact) mass is 497 g/mol. The molecule has 2 unspecified atom stereocenters. The molecule has 0 bridgehead atoms. The van der Waals surface area contributed by atoms with E-state index in [-0.39, 0.29) is 12.5 Å². The number of rotatable bonds is 22. The minimum Gasteiger partial charge on any atom is -0.394 e. The Bertz CT molecular complexity index is 713. The summed E-state index contributed by atoms with van der Waals surface area (Å²) in [6, 6.07) is -0.662. The highest BCUT2D eigenvalue weighted by molar-refractivity contribution is 5.76. The first-order valence-electron chi connectivity index (χ1n) is 13.8. The van der Waals surface area contributed by atoms with Crippen LogP contribution in [0.3, 0.4) is 0 Å². The first-order chi connectivity index (χ1) is 17.7. The van der Waals surface area contributed by atoms with E-state index >= 15 is 0 Å². The van der Waals surface area contributed by atoms with Crippen molar-refractivity contribution in [1.29, 1.82) is 0 Å². The highest BCUT2D eigenvalue weighted by Gasteiger charge is 2.17. The summed E-state index contributed by atoms with van der Waals surface area (Å²) in [5.74, 6) is -0.160. The van der Waals surface area contributed by atoms with Crippen LogP contribution in [0.25, 0.3) is 0 Å². The molecule has 3 N–H and O–H groups in total. The van der Waals surface area contributed by atoms with Gasteiger partial charge in [0.1, 0.15) is 0 Å². The van der Waals surface area contributed by atoms with Gasteiger partial charge in [-0.25, -0.2) is 0 Å². The lowest BCUT2D eigenvalue weighted by Crippen LogP contribution is -2.45. The number of carbonyl (C=O) groups is 1. The summed E-state index contributed by atoms with van der Waals surface area (Å²) in [6.07, 6.45) is 39.7. The number of aliphatic hydroxyl groups is 2. The zero-order valence-corrected chi connectivity index (χ0v) is 22.7. The maximum Gasteiger partial charge on any atom is 0.220 e. The molecule has 0 rings (SSSR count). The normalized spacial score (nSPS) is 14.7. The zero-order valence-electron chi connectivity index (χ0n) is 22.7. The predicted octanol–water partition coefficient (Wildman–Crippen LogP) is 7.44. The van der Waals surface area contributed by atoms with Gasteiger partial charge in [0.05, 0.1) is 18.8 Å². The van der Waals surface area contributed by atoms with Gasteiger partial charge in [0.15, 0.2) is 0 Å². The van der Waals surface area contributed by atoms with Gasteiger partial charge in [-0.1, -0.05) is 112 Å². The van der Waals surface area contributed by atoms with Crippen LogP contribution >= 0.6 is 0 Å². The van der Waals surface area contributed by atoms with Crippen molar-refractivity contribution in [2.45, 2.75) is 103 Å². The van der Waals surface area contributed by atoms with E-state index in [9.17, 15) is 15.0 Å². The molecule has 2 atom stereocenters. The number of aliphatic hydroxyl groups excluding tert-OH is 2. The maximum absolute atomic E-state index is 12.1. The molecule has 4 heteroatoms. The fraction of sp³-hybridized carbons (Fsp3) is 0.531. The summed E-state index contributed by atoms with van der Waals surface area (Å²) in [6.45, 7) is 4.01. The Morgan fingerprint density at radius 2 is 1.19 bits per heavy atom. The number of nitrogens with one attached hydrogen (secondary N) is 1. The van der Waals surface area contributed by atoms with Crippen LogP contribution in [0.1, 0.15) is 90.9 Å². The highest BCUT2D eigenvalue weighted by atomic mass is 16.3. The van der Waals surface area contributed by atoms with Crippen LogP contribution in [0.5, 0.6) is 0 Å². The number of amides is 1. The molecule has 0 aliphatic rings. The molecule has 0 aromatic carbocycles. The van der Waals surface area contributed by atoms with Crippen molar-refractivity contribution in [3.63, 3.8) is 0 Å². The van der Waals surface area contributed by atoms with Crippen molar-refractivity contribution < 1.29 is 15.0 Å². The van der Waals surface area contributed by atoms with Gasteiger partial charge in [-0.15, -0.1) is 0 Å². The molecule has 0 aromatic rings. The van der Waals surface area contributed by atoms with E-state index in [4.69, 9.17) is 0 Å². The Kier molecular flexibility index (Phi) is 25.3. The summed E-state index contributed by atoms with van der Waals surface area (Å²) in [7, 11) is 0. The Morgan fingerprint density at radius 3 is 1.67 bits per heavy atom.